The zero-order valence-electron chi connectivity index (χ0n) is 15.9. The van der Waals surface area contributed by atoms with Crippen molar-refractivity contribution in [1.82, 2.24) is 14.9 Å². The molecule has 0 fully saturated rings. The van der Waals surface area contributed by atoms with E-state index in [0.717, 1.165) is 29.0 Å². The van der Waals surface area contributed by atoms with Crippen LogP contribution in [0, 0.1) is 6.92 Å². The van der Waals surface area contributed by atoms with E-state index in [1.54, 1.807) is 14.2 Å². The molecule has 1 heterocycles. The minimum absolute atomic E-state index is 0.409. The van der Waals surface area contributed by atoms with Gasteiger partial charge in [0, 0.05) is 13.1 Å². The number of aliphatic imine (C=N–C) groups is 1. The van der Waals surface area contributed by atoms with Crippen molar-refractivity contribution in [2.24, 2.45) is 10.7 Å². The van der Waals surface area contributed by atoms with Gasteiger partial charge in [0.15, 0.2) is 17.5 Å². The number of methoxy groups -OCH3 is 2. The fraction of sp³-hybridized carbons (Fsp3) is 0.300. The zero-order chi connectivity index (χ0) is 19.2. The maximum Gasteiger partial charge on any atom is 0.188 e. The fourth-order valence-electron chi connectivity index (χ4n) is 2.99. The summed E-state index contributed by atoms with van der Waals surface area (Å²) in [4.78, 5) is 8.96. The van der Waals surface area contributed by atoms with Gasteiger partial charge in [0.2, 0.25) is 0 Å². The molecule has 3 aromatic rings. The predicted molar refractivity (Wildman–Crippen MR) is 107 cm³/mol. The Morgan fingerprint density at radius 2 is 1.93 bits per heavy atom. The maximum atomic E-state index is 6.00. The lowest BCUT2D eigenvalue weighted by Gasteiger charge is -2.10. The maximum absolute atomic E-state index is 6.00. The standard InChI is InChI=1S/C20H25N5O2/c1-14-24-16-6-4-5-7-17(16)25(14)11-10-22-20(21)23-13-15-8-9-18(26-2)19(12-15)27-3/h4-9,12H,10-11,13H2,1-3H3,(H3,21,22,23). The molecule has 27 heavy (non-hydrogen) atoms. The van der Waals surface area contributed by atoms with E-state index < -0.39 is 0 Å². The first kappa shape index (κ1) is 18.6. The van der Waals surface area contributed by atoms with E-state index in [1.165, 1.54) is 0 Å². The number of ether oxygens (including phenoxy) is 2. The molecule has 2 aromatic carbocycles. The Bertz CT molecular complexity index is 949. The molecule has 1 aromatic heterocycles. The summed E-state index contributed by atoms with van der Waals surface area (Å²) >= 11 is 0. The topological polar surface area (TPSA) is 86.7 Å². The van der Waals surface area contributed by atoms with Crippen LogP contribution in [0.25, 0.3) is 11.0 Å². The summed E-state index contributed by atoms with van der Waals surface area (Å²) in [7, 11) is 3.23. The van der Waals surface area contributed by atoms with Crippen molar-refractivity contribution in [3.63, 3.8) is 0 Å². The lowest BCUT2D eigenvalue weighted by molar-refractivity contribution is 0.354. The average Bonchev–Trinajstić information content (AvgIpc) is 3.01. The van der Waals surface area contributed by atoms with Crippen molar-refractivity contribution >= 4 is 17.0 Å². The molecule has 0 aliphatic carbocycles. The van der Waals surface area contributed by atoms with Crippen molar-refractivity contribution in [3.8, 4) is 11.5 Å². The lowest BCUT2D eigenvalue weighted by Crippen LogP contribution is -2.34. The minimum atomic E-state index is 0.409. The molecular formula is C20H25N5O2. The average molecular weight is 367 g/mol. The Labute approximate surface area is 158 Å². The number of nitrogens with two attached hydrogens (primary N) is 1. The Kier molecular flexibility index (Phi) is 5.80. The molecule has 0 saturated carbocycles. The van der Waals surface area contributed by atoms with Crippen molar-refractivity contribution in [1.29, 1.82) is 0 Å². The summed E-state index contributed by atoms with van der Waals surface area (Å²) in [5.41, 5.74) is 9.12. The van der Waals surface area contributed by atoms with Gasteiger partial charge in [-0.1, -0.05) is 18.2 Å². The van der Waals surface area contributed by atoms with Crippen molar-refractivity contribution in [3.05, 3.63) is 53.9 Å². The molecule has 0 spiro atoms. The summed E-state index contributed by atoms with van der Waals surface area (Å²) < 4.78 is 12.7. The molecular weight excluding hydrogens is 342 g/mol. The molecule has 0 unspecified atom stereocenters. The minimum Gasteiger partial charge on any atom is -0.493 e. The van der Waals surface area contributed by atoms with Crippen LogP contribution >= 0.6 is 0 Å². The molecule has 0 saturated heterocycles. The van der Waals surface area contributed by atoms with Gasteiger partial charge in [-0.2, -0.15) is 0 Å². The molecule has 142 valence electrons. The van der Waals surface area contributed by atoms with Crippen molar-refractivity contribution in [2.45, 2.75) is 20.0 Å². The summed E-state index contributed by atoms with van der Waals surface area (Å²) in [5, 5.41) is 3.16. The van der Waals surface area contributed by atoms with Gasteiger partial charge < -0.3 is 25.1 Å². The van der Waals surface area contributed by atoms with Crippen LogP contribution in [0.5, 0.6) is 11.5 Å². The van der Waals surface area contributed by atoms with E-state index >= 15 is 0 Å². The van der Waals surface area contributed by atoms with E-state index in [2.05, 4.69) is 25.9 Å². The summed E-state index contributed by atoms with van der Waals surface area (Å²) in [6.07, 6.45) is 0. The third-order valence-electron chi connectivity index (χ3n) is 4.37. The van der Waals surface area contributed by atoms with Crippen LogP contribution in [-0.2, 0) is 13.1 Å². The van der Waals surface area contributed by atoms with E-state index in [0.29, 0.717) is 30.5 Å². The van der Waals surface area contributed by atoms with Crippen LogP contribution < -0.4 is 20.5 Å². The number of nitrogens with zero attached hydrogens (tertiary/aromatic N) is 3. The van der Waals surface area contributed by atoms with E-state index in [9.17, 15) is 0 Å². The number of fused-ring (bicyclic) bond motifs is 1. The van der Waals surface area contributed by atoms with Gasteiger partial charge in [-0.15, -0.1) is 0 Å². The number of aryl methyl sites for hydroxylation is 1. The zero-order valence-corrected chi connectivity index (χ0v) is 15.9. The molecule has 3 N–H and O–H groups in total. The monoisotopic (exact) mass is 367 g/mol. The second-order valence-corrected chi connectivity index (χ2v) is 6.12. The smallest absolute Gasteiger partial charge is 0.188 e. The summed E-state index contributed by atoms with van der Waals surface area (Å²) in [6.45, 7) is 3.90. The normalized spacial score (nSPS) is 11.6. The molecule has 0 atom stereocenters. The van der Waals surface area contributed by atoms with Gasteiger partial charge in [0.1, 0.15) is 5.82 Å². The Hall–Kier alpha value is -3.22. The third kappa shape index (κ3) is 4.31. The highest BCUT2D eigenvalue weighted by Gasteiger charge is 2.06. The predicted octanol–water partition coefficient (Wildman–Crippen LogP) is 2.47. The van der Waals surface area contributed by atoms with Crippen LogP contribution in [0.4, 0.5) is 0 Å². The Balaban J connectivity index is 1.57. The van der Waals surface area contributed by atoms with E-state index in [1.807, 2.05) is 43.3 Å². The number of hydrogen-bond acceptors (Lipinski definition) is 4. The van der Waals surface area contributed by atoms with Gasteiger partial charge in [0.25, 0.3) is 0 Å². The Morgan fingerprint density at radius 3 is 2.70 bits per heavy atom. The number of guanidine groups is 1. The van der Waals surface area contributed by atoms with Crippen molar-refractivity contribution < 1.29 is 9.47 Å². The molecule has 7 heteroatoms. The molecule has 0 radical (unpaired) electrons. The highest BCUT2D eigenvalue weighted by atomic mass is 16.5. The van der Waals surface area contributed by atoms with Crippen LogP contribution in [0.2, 0.25) is 0 Å². The molecule has 3 rings (SSSR count). The number of nitrogens with one attached hydrogen (secondary N) is 1. The molecule has 0 aliphatic rings. The quantitative estimate of drug-likeness (QED) is 0.495. The van der Waals surface area contributed by atoms with Gasteiger partial charge in [-0.3, -0.25) is 0 Å². The number of para-hydroxylation sites is 2. The van der Waals surface area contributed by atoms with Crippen LogP contribution in [0.1, 0.15) is 11.4 Å². The van der Waals surface area contributed by atoms with Gasteiger partial charge in [-0.25, -0.2) is 9.98 Å². The van der Waals surface area contributed by atoms with Crippen LogP contribution in [0.3, 0.4) is 0 Å². The summed E-state index contributed by atoms with van der Waals surface area (Å²) in [6, 6.07) is 13.8. The highest BCUT2D eigenvalue weighted by Crippen LogP contribution is 2.27. The lowest BCUT2D eigenvalue weighted by atomic mass is 10.2. The second kappa shape index (κ2) is 8.44. The fourth-order valence-corrected chi connectivity index (χ4v) is 2.99. The number of aromatic nitrogens is 2. The van der Waals surface area contributed by atoms with Gasteiger partial charge in [0.05, 0.1) is 31.8 Å². The first-order valence-corrected chi connectivity index (χ1v) is 8.79. The molecule has 0 bridgehead atoms. The highest BCUT2D eigenvalue weighted by molar-refractivity contribution is 5.78. The number of hydrogen-bond donors (Lipinski definition) is 2. The first-order chi connectivity index (χ1) is 13.1. The molecule has 0 amide bonds. The van der Waals surface area contributed by atoms with E-state index in [-0.39, 0.29) is 0 Å². The first-order valence-electron chi connectivity index (χ1n) is 8.79. The Morgan fingerprint density at radius 1 is 1.15 bits per heavy atom. The number of benzene rings is 2. The van der Waals surface area contributed by atoms with Crippen LogP contribution in [0.15, 0.2) is 47.5 Å². The van der Waals surface area contributed by atoms with Gasteiger partial charge in [-0.05, 0) is 36.8 Å². The second-order valence-electron chi connectivity index (χ2n) is 6.12. The number of imidazole rings is 1. The molecule has 0 aliphatic heterocycles. The summed E-state index contributed by atoms with van der Waals surface area (Å²) in [5.74, 6) is 2.77. The molecule has 7 nitrogen and oxygen atoms in total. The largest absolute Gasteiger partial charge is 0.493 e. The number of rotatable bonds is 7. The SMILES string of the molecule is COc1ccc(CN=C(N)NCCn2c(C)nc3ccccc32)cc1OC. The van der Waals surface area contributed by atoms with Crippen LogP contribution in [-0.4, -0.2) is 36.3 Å². The van der Waals surface area contributed by atoms with E-state index in [4.69, 9.17) is 15.2 Å². The third-order valence-corrected chi connectivity index (χ3v) is 4.37. The van der Waals surface area contributed by atoms with Crippen molar-refractivity contribution in [2.75, 3.05) is 20.8 Å². The van der Waals surface area contributed by atoms with Gasteiger partial charge >= 0.3 is 0 Å².